The summed E-state index contributed by atoms with van der Waals surface area (Å²) in [5.74, 6) is 0.819. The maximum Gasteiger partial charge on any atom is 0.0331 e. The van der Waals surface area contributed by atoms with Crippen LogP contribution in [0, 0.1) is 5.92 Å². The van der Waals surface area contributed by atoms with Gasteiger partial charge in [-0.05, 0) is 58.2 Å². The smallest absolute Gasteiger partial charge is 0.0331 e. The molecule has 2 heteroatoms. The van der Waals surface area contributed by atoms with Gasteiger partial charge in [0, 0.05) is 11.6 Å². The molecule has 0 saturated carbocycles. The Hall–Kier alpha value is -0.0800. The van der Waals surface area contributed by atoms with Gasteiger partial charge >= 0.3 is 0 Å². The molecule has 19 heavy (non-hydrogen) atoms. The van der Waals surface area contributed by atoms with Gasteiger partial charge in [0.05, 0.1) is 0 Å². The van der Waals surface area contributed by atoms with E-state index in [-0.39, 0.29) is 0 Å². The molecule has 0 aromatic heterocycles. The third-order valence-electron chi connectivity index (χ3n) is 5.33. The van der Waals surface area contributed by atoms with E-state index < -0.39 is 0 Å². The minimum atomic E-state index is 0.333. The summed E-state index contributed by atoms with van der Waals surface area (Å²) in [5.41, 5.74) is 0.333. The molecule has 3 unspecified atom stereocenters. The van der Waals surface area contributed by atoms with Gasteiger partial charge in [-0.15, -0.1) is 0 Å². The Kier molecular flexibility index (Phi) is 7.38. The molecular weight excluding hydrogens is 232 g/mol. The Bertz CT molecular complexity index is 235. The van der Waals surface area contributed by atoms with Crippen molar-refractivity contribution in [3.8, 4) is 0 Å². The summed E-state index contributed by atoms with van der Waals surface area (Å²) in [7, 11) is 0. The van der Waals surface area contributed by atoms with E-state index in [2.05, 4.69) is 44.8 Å². The van der Waals surface area contributed by atoms with Crippen LogP contribution in [0.5, 0.6) is 0 Å². The lowest BCUT2D eigenvalue weighted by molar-refractivity contribution is 0.0359. The molecule has 1 heterocycles. The number of hydrogen-bond donors (Lipinski definition) is 1. The Morgan fingerprint density at radius 1 is 1.11 bits per heavy atom. The molecule has 1 aliphatic rings. The van der Waals surface area contributed by atoms with Crippen molar-refractivity contribution < 1.29 is 0 Å². The lowest BCUT2D eigenvalue weighted by Crippen LogP contribution is -2.60. The molecule has 1 saturated heterocycles. The van der Waals surface area contributed by atoms with Crippen LogP contribution in [-0.2, 0) is 0 Å². The topological polar surface area (TPSA) is 15.3 Å². The molecule has 1 rings (SSSR count). The van der Waals surface area contributed by atoms with Crippen LogP contribution in [0.25, 0.3) is 0 Å². The molecule has 114 valence electrons. The number of piperidine rings is 1. The van der Waals surface area contributed by atoms with Crippen LogP contribution in [0.3, 0.4) is 0 Å². The standard InChI is InChI=1S/C17H36N2/c1-6-15(4)14-16(18-8-3)17(5,7-2)19-12-10-9-11-13-19/h15-16,18H,6-14H2,1-5H3. The van der Waals surface area contributed by atoms with Gasteiger partial charge in [-0.25, -0.2) is 0 Å². The second-order valence-electron chi connectivity index (χ2n) is 6.62. The zero-order chi connectivity index (χ0) is 14.3. The van der Waals surface area contributed by atoms with Gasteiger partial charge in [-0.1, -0.05) is 40.5 Å². The van der Waals surface area contributed by atoms with Gasteiger partial charge in [0.1, 0.15) is 0 Å². The highest BCUT2D eigenvalue weighted by Crippen LogP contribution is 2.31. The van der Waals surface area contributed by atoms with E-state index in [0.717, 1.165) is 12.5 Å². The third kappa shape index (κ3) is 4.46. The largest absolute Gasteiger partial charge is 0.312 e. The van der Waals surface area contributed by atoms with Crippen molar-refractivity contribution in [3.63, 3.8) is 0 Å². The Labute approximate surface area is 121 Å². The van der Waals surface area contributed by atoms with Crippen LogP contribution in [0.1, 0.15) is 73.1 Å². The lowest BCUT2D eigenvalue weighted by atomic mass is 9.80. The van der Waals surface area contributed by atoms with Crippen LogP contribution in [-0.4, -0.2) is 36.1 Å². The Balaban J connectivity index is 2.79. The molecule has 0 radical (unpaired) electrons. The van der Waals surface area contributed by atoms with Crippen LogP contribution < -0.4 is 5.32 Å². The summed E-state index contributed by atoms with van der Waals surface area (Å²) in [4.78, 5) is 2.77. The van der Waals surface area contributed by atoms with E-state index in [0.29, 0.717) is 11.6 Å². The fraction of sp³-hybridized carbons (Fsp3) is 1.00. The average Bonchev–Trinajstić information content (AvgIpc) is 2.46. The summed E-state index contributed by atoms with van der Waals surface area (Å²) in [6, 6.07) is 0.635. The zero-order valence-corrected chi connectivity index (χ0v) is 14.0. The minimum Gasteiger partial charge on any atom is -0.312 e. The van der Waals surface area contributed by atoms with Crippen molar-refractivity contribution in [2.75, 3.05) is 19.6 Å². The Morgan fingerprint density at radius 3 is 2.21 bits per heavy atom. The predicted octanol–water partition coefficient (Wildman–Crippen LogP) is 4.06. The monoisotopic (exact) mass is 268 g/mol. The van der Waals surface area contributed by atoms with Crippen molar-refractivity contribution in [2.24, 2.45) is 5.92 Å². The highest BCUT2D eigenvalue weighted by atomic mass is 15.2. The first kappa shape index (κ1) is 17.0. The van der Waals surface area contributed by atoms with E-state index in [9.17, 15) is 0 Å². The highest BCUT2D eigenvalue weighted by Gasteiger charge is 2.38. The maximum atomic E-state index is 3.79. The van der Waals surface area contributed by atoms with E-state index >= 15 is 0 Å². The van der Waals surface area contributed by atoms with Crippen LogP contribution >= 0.6 is 0 Å². The molecule has 1 aliphatic heterocycles. The first-order valence-electron chi connectivity index (χ1n) is 8.56. The van der Waals surface area contributed by atoms with Crippen molar-refractivity contribution in [1.29, 1.82) is 0 Å². The SMILES string of the molecule is CCNC(CC(C)CC)C(C)(CC)N1CCCCC1. The molecule has 1 N–H and O–H groups in total. The zero-order valence-electron chi connectivity index (χ0n) is 14.0. The van der Waals surface area contributed by atoms with E-state index in [4.69, 9.17) is 0 Å². The van der Waals surface area contributed by atoms with Crippen molar-refractivity contribution in [3.05, 3.63) is 0 Å². The normalized spacial score (nSPS) is 23.8. The molecule has 0 amide bonds. The van der Waals surface area contributed by atoms with E-state index in [1.165, 1.54) is 51.6 Å². The summed E-state index contributed by atoms with van der Waals surface area (Å²) < 4.78 is 0. The maximum absolute atomic E-state index is 3.79. The second kappa shape index (κ2) is 8.26. The van der Waals surface area contributed by atoms with Gasteiger partial charge in [-0.2, -0.15) is 0 Å². The number of likely N-dealkylation sites (tertiary alicyclic amines) is 1. The summed E-state index contributed by atoms with van der Waals surface area (Å²) >= 11 is 0. The van der Waals surface area contributed by atoms with Crippen molar-refractivity contribution in [2.45, 2.75) is 84.7 Å². The number of rotatable bonds is 8. The lowest BCUT2D eigenvalue weighted by Gasteiger charge is -2.49. The molecule has 0 aromatic carbocycles. The minimum absolute atomic E-state index is 0.333. The first-order chi connectivity index (χ1) is 9.08. The molecule has 2 nitrogen and oxygen atoms in total. The number of nitrogens with zero attached hydrogens (tertiary/aromatic N) is 1. The molecule has 1 fully saturated rings. The fourth-order valence-electron chi connectivity index (χ4n) is 3.47. The summed E-state index contributed by atoms with van der Waals surface area (Å²) in [6.07, 6.45) is 8.05. The molecule has 0 spiro atoms. The first-order valence-corrected chi connectivity index (χ1v) is 8.56. The van der Waals surface area contributed by atoms with Crippen LogP contribution in [0.15, 0.2) is 0 Å². The van der Waals surface area contributed by atoms with Crippen LogP contribution in [0.4, 0.5) is 0 Å². The van der Waals surface area contributed by atoms with E-state index in [1.807, 2.05) is 0 Å². The van der Waals surface area contributed by atoms with Gasteiger partial charge < -0.3 is 5.32 Å². The van der Waals surface area contributed by atoms with Gasteiger partial charge in [0.2, 0.25) is 0 Å². The van der Waals surface area contributed by atoms with Crippen molar-refractivity contribution >= 4 is 0 Å². The second-order valence-corrected chi connectivity index (χ2v) is 6.62. The summed E-state index contributed by atoms with van der Waals surface area (Å²) in [5, 5.41) is 3.79. The van der Waals surface area contributed by atoms with Crippen molar-refractivity contribution in [1.82, 2.24) is 10.2 Å². The fourth-order valence-corrected chi connectivity index (χ4v) is 3.47. The molecular formula is C17H36N2. The highest BCUT2D eigenvalue weighted by molar-refractivity contribution is 4.97. The number of likely N-dealkylation sites (N-methyl/N-ethyl adjacent to an activating group) is 1. The number of nitrogens with one attached hydrogen (secondary N) is 1. The van der Waals surface area contributed by atoms with E-state index in [1.54, 1.807) is 0 Å². The molecule has 0 aromatic rings. The van der Waals surface area contributed by atoms with Gasteiger partial charge in [0.15, 0.2) is 0 Å². The summed E-state index contributed by atoms with van der Waals surface area (Å²) in [6.45, 7) is 15.5. The van der Waals surface area contributed by atoms with Gasteiger partial charge in [0.25, 0.3) is 0 Å². The molecule has 0 bridgehead atoms. The molecule has 0 aliphatic carbocycles. The molecule has 3 atom stereocenters. The quantitative estimate of drug-likeness (QED) is 0.714. The van der Waals surface area contributed by atoms with Gasteiger partial charge in [-0.3, -0.25) is 4.90 Å². The average molecular weight is 268 g/mol. The van der Waals surface area contributed by atoms with Crippen LogP contribution in [0.2, 0.25) is 0 Å². The number of hydrogen-bond acceptors (Lipinski definition) is 2. The predicted molar refractivity (Wildman–Crippen MR) is 85.7 cm³/mol. The third-order valence-corrected chi connectivity index (χ3v) is 5.33. The Morgan fingerprint density at radius 2 is 1.74 bits per heavy atom.